The second-order valence-corrected chi connectivity index (χ2v) is 8.67. The molecule has 0 radical (unpaired) electrons. The number of allylic oxidation sites excluding steroid dienone is 1. The minimum atomic E-state index is -0.359. The molecule has 2 unspecified atom stereocenters. The normalized spacial score (nSPS) is 21.4. The Morgan fingerprint density at radius 2 is 1.59 bits per heavy atom. The van der Waals surface area contributed by atoms with Crippen LogP contribution in [-0.4, -0.2) is 31.6 Å². The summed E-state index contributed by atoms with van der Waals surface area (Å²) in [5.74, 6) is 0.828. The highest BCUT2D eigenvalue weighted by molar-refractivity contribution is 6.42. The molecule has 4 rings (SSSR count). The van der Waals surface area contributed by atoms with Crippen molar-refractivity contribution in [3.05, 3.63) is 63.6 Å². The Kier molecular flexibility index (Phi) is 8.09. The van der Waals surface area contributed by atoms with E-state index in [-0.39, 0.29) is 18.4 Å². The molecule has 0 N–H and O–H groups in total. The van der Waals surface area contributed by atoms with Crippen molar-refractivity contribution in [1.82, 2.24) is 0 Å². The number of ketones is 1. The van der Waals surface area contributed by atoms with Gasteiger partial charge in [-0.05, 0) is 67.7 Å². The van der Waals surface area contributed by atoms with E-state index in [1.165, 1.54) is 6.08 Å². The highest BCUT2D eigenvalue weighted by atomic mass is 35.5. The molecular formula is C25H26Cl2O5. The lowest BCUT2D eigenvalue weighted by atomic mass is 10.1. The molecule has 2 aliphatic rings. The first kappa shape index (κ1) is 23.1. The van der Waals surface area contributed by atoms with Gasteiger partial charge in [-0.3, -0.25) is 4.79 Å². The van der Waals surface area contributed by atoms with E-state index in [0.29, 0.717) is 40.3 Å². The maximum Gasteiger partial charge on any atom is 0.199 e. The van der Waals surface area contributed by atoms with Crippen LogP contribution in [0.1, 0.15) is 54.4 Å². The van der Waals surface area contributed by atoms with Crippen LogP contribution in [0.2, 0.25) is 10.0 Å². The molecule has 2 atom stereocenters. The van der Waals surface area contributed by atoms with Crippen molar-refractivity contribution in [1.29, 1.82) is 0 Å². The molecule has 0 aliphatic carbocycles. The highest BCUT2D eigenvalue weighted by Crippen LogP contribution is 2.30. The standard InChI is InChI=1S/C25H26Cl2O5/c26-20-10-7-17(15-21(20)27)8-11-22(28)19-16-18(31-24-5-1-3-13-29-24)9-12-23(19)32-25-6-2-4-14-30-25/h7-12,15-16,24-25H,1-6,13-14H2. The summed E-state index contributed by atoms with van der Waals surface area (Å²) in [4.78, 5) is 13.1. The number of ether oxygens (including phenoxy) is 4. The molecule has 5 nitrogen and oxygen atoms in total. The Balaban J connectivity index is 1.55. The van der Waals surface area contributed by atoms with Gasteiger partial charge in [0.1, 0.15) is 11.5 Å². The Bertz CT molecular complexity index is 963. The smallest absolute Gasteiger partial charge is 0.199 e. The molecule has 2 fully saturated rings. The van der Waals surface area contributed by atoms with Gasteiger partial charge in [0.15, 0.2) is 18.4 Å². The van der Waals surface area contributed by atoms with Gasteiger partial charge in [0.05, 0.1) is 28.8 Å². The Hall–Kier alpha value is -2.05. The average molecular weight is 477 g/mol. The van der Waals surface area contributed by atoms with Gasteiger partial charge in [-0.25, -0.2) is 0 Å². The van der Waals surface area contributed by atoms with E-state index < -0.39 is 0 Å². The molecule has 2 aromatic rings. The lowest BCUT2D eigenvalue weighted by Gasteiger charge is -2.25. The van der Waals surface area contributed by atoms with Crippen LogP contribution in [0.25, 0.3) is 6.08 Å². The molecule has 0 saturated carbocycles. The van der Waals surface area contributed by atoms with Gasteiger partial charge in [0.25, 0.3) is 0 Å². The molecule has 2 aliphatic heterocycles. The van der Waals surface area contributed by atoms with Crippen LogP contribution < -0.4 is 9.47 Å². The van der Waals surface area contributed by atoms with Gasteiger partial charge in [0.2, 0.25) is 0 Å². The fourth-order valence-electron chi connectivity index (χ4n) is 3.66. The van der Waals surface area contributed by atoms with Gasteiger partial charge in [-0.15, -0.1) is 0 Å². The van der Waals surface area contributed by atoms with Crippen LogP contribution in [-0.2, 0) is 9.47 Å². The summed E-state index contributed by atoms with van der Waals surface area (Å²) < 4.78 is 23.4. The summed E-state index contributed by atoms with van der Waals surface area (Å²) in [7, 11) is 0. The zero-order chi connectivity index (χ0) is 22.3. The van der Waals surface area contributed by atoms with Crippen molar-refractivity contribution in [2.24, 2.45) is 0 Å². The van der Waals surface area contributed by atoms with Crippen molar-refractivity contribution >= 4 is 35.1 Å². The van der Waals surface area contributed by atoms with Crippen molar-refractivity contribution in [2.45, 2.75) is 51.1 Å². The van der Waals surface area contributed by atoms with E-state index in [2.05, 4.69) is 0 Å². The zero-order valence-corrected chi connectivity index (χ0v) is 19.2. The fraction of sp³-hybridized carbons (Fsp3) is 0.400. The number of carbonyl (C=O) groups is 1. The van der Waals surface area contributed by atoms with Crippen molar-refractivity contribution in [2.75, 3.05) is 13.2 Å². The Morgan fingerprint density at radius 1 is 0.875 bits per heavy atom. The third kappa shape index (κ3) is 6.26. The van der Waals surface area contributed by atoms with Gasteiger partial charge < -0.3 is 18.9 Å². The van der Waals surface area contributed by atoms with Crippen LogP contribution in [0.15, 0.2) is 42.5 Å². The molecule has 0 bridgehead atoms. The summed E-state index contributed by atoms with van der Waals surface area (Å²) in [6, 6.07) is 10.5. The third-order valence-corrected chi connectivity index (χ3v) is 6.13. The van der Waals surface area contributed by atoms with E-state index in [4.69, 9.17) is 42.1 Å². The van der Waals surface area contributed by atoms with Crippen molar-refractivity contribution < 1.29 is 23.7 Å². The summed E-state index contributed by atoms with van der Waals surface area (Å²) >= 11 is 12.1. The monoisotopic (exact) mass is 476 g/mol. The second-order valence-electron chi connectivity index (χ2n) is 7.86. The van der Waals surface area contributed by atoms with E-state index in [0.717, 1.165) is 44.1 Å². The van der Waals surface area contributed by atoms with Gasteiger partial charge in [0, 0.05) is 12.8 Å². The minimum Gasteiger partial charge on any atom is -0.465 e. The van der Waals surface area contributed by atoms with Crippen molar-refractivity contribution in [3.63, 3.8) is 0 Å². The molecule has 7 heteroatoms. The lowest BCUT2D eigenvalue weighted by Crippen LogP contribution is -2.26. The first-order valence-corrected chi connectivity index (χ1v) is 11.7. The van der Waals surface area contributed by atoms with Gasteiger partial charge >= 0.3 is 0 Å². The molecular weight excluding hydrogens is 451 g/mol. The molecule has 170 valence electrons. The third-order valence-electron chi connectivity index (χ3n) is 5.39. The minimum absolute atomic E-state index is 0.211. The molecule has 0 amide bonds. The second kappa shape index (κ2) is 11.2. The number of benzene rings is 2. The molecule has 0 aromatic heterocycles. The quantitative estimate of drug-likeness (QED) is 0.328. The lowest BCUT2D eigenvalue weighted by molar-refractivity contribution is -0.107. The highest BCUT2D eigenvalue weighted by Gasteiger charge is 2.21. The molecule has 2 aromatic carbocycles. The SMILES string of the molecule is O=C(C=Cc1ccc(Cl)c(Cl)c1)c1cc(OC2CCCCO2)ccc1OC1CCCCO1. The van der Waals surface area contributed by atoms with E-state index in [9.17, 15) is 4.79 Å². The summed E-state index contributed by atoms with van der Waals surface area (Å²) in [5, 5.41) is 0.899. The number of halogens is 2. The van der Waals surface area contributed by atoms with Crippen LogP contribution in [0.4, 0.5) is 0 Å². The van der Waals surface area contributed by atoms with E-state index in [1.807, 2.05) is 0 Å². The topological polar surface area (TPSA) is 54.0 Å². The van der Waals surface area contributed by atoms with Gasteiger partial charge in [-0.1, -0.05) is 35.3 Å². The summed E-state index contributed by atoms with van der Waals surface area (Å²) in [6.07, 6.45) is 8.30. The Labute approximate surface area is 198 Å². The fourth-order valence-corrected chi connectivity index (χ4v) is 3.96. The first-order chi connectivity index (χ1) is 15.6. The van der Waals surface area contributed by atoms with Crippen LogP contribution in [0.5, 0.6) is 11.5 Å². The zero-order valence-electron chi connectivity index (χ0n) is 17.7. The average Bonchev–Trinajstić information content (AvgIpc) is 2.82. The largest absolute Gasteiger partial charge is 0.465 e. The number of rotatable bonds is 7. The van der Waals surface area contributed by atoms with E-state index >= 15 is 0 Å². The molecule has 32 heavy (non-hydrogen) atoms. The molecule has 2 saturated heterocycles. The predicted molar refractivity (Wildman–Crippen MR) is 125 cm³/mol. The number of hydrogen-bond donors (Lipinski definition) is 0. The number of hydrogen-bond acceptors (Lipinski definition) is 5. The van der Waals surface area contributed by atoms with E-state index in [1.54, 1.807) is 42.5 Å². The summed E-state index contributed by atoms with van der Waals surface area (Å²) in [5.41, 5.74) is 1.18. The molecule has 0 spiro atoms. The maximum atomic E-state index is 13.1. The molecule has 2 heterocycles. The van der Waals surface area contributed by atoms with Crippen molar-refractivity contribution in [3.8, 4) is 11.5 Å². The predicted octanol–water partition coefficient (Wildman–Crippen LogP) is 6.70. The van der Waals surface area contributed by atoms with Gasteiger partial charge in [-0.2, -0.15) is 0 Å². The maximum absolute atomic E-state index is 13.1. The van der Waals surface area contributed by atoms with Crippen LogP contribution >= 0.6 is 23.2 Å². The number of carbonyl (C=O) groups excluding carboxylic acids is 1. The van der Waals surface area contributed by atoms with Crippen LogP contribution in [0, 0.1) is 0 Å². The summed E-state index contributed by atoms with van der Waals surface area (Å²) in [6.45, 7) is 1.34. The van der Waals surface area contributed by atoms with Crippen LogP contribution in [0.3, 0.4) is 0 Å². The Morgan fingerprint density at radius 3 is 2.25 bits per heavy atom. The first-order valence-electron chi connectivity index (χ1n) is 11.0.